The predicted octanol–water partition coefficient (Wildman–Crippen LogP) is 1.16. The van der Waals surface area contributed by atoms with Crippen LogP contribution in [-0.4, -0.2) is 46.9 Å². The van der Waals surface area contributed by atoms with Gasteiger partial charge in [-0.2, -0.15) is 0 Å². The molecular weight excluding hydrogens is 296 g/mol. The van der Waals surface area contributed by atoms with Gasteiger partial charge >= 0.3 is 5.97 Å². The summed E-state index contributed by atoms with van der Waals surface area (Å²) < 4.78 is 0. The number of hydrogen-bond donors (Lipinski definition) is 2. The van der Waals surface area contributed by atoms with Crippen LogP contribution in [0.25, 0.3) is 0 Å². The number of amides is 2. The van der Waals surface area contributed by atoms with Crippen LogP contribution in [0.1, 0.15) is 32.3 Å². The summed E-state index contributed by atoms with van der Waals surface area (Å²) in [6.07, 6.45) is 0.732. The van der Waals surface area contributed by atoms with Crippen molar-refractivity contribution >= 4 is 17.8 Å². The zero-order chi connectivity index (χ0) is 17.0. The Hall–Kier alpha value is -2.37. The van der Waals surface area contributed by atoms with Crippen molar-refractivity contribution < 1.29 is 19.5 Å². The highest BCUT2D eigenvalue weighted by molar-refractivity contribution is 5.87. The monoisotopic (exact) mass is 318 g/mol. The van der Waals surface area contributed by atoms with Crippen LogP contribution in [0.2, 0.25) is 0 Å². The quantitative estimate of drug-likeness (QED) is 0.872. The van der Waals surface area contributed by atoms with Gasteiger partial charge in [0, 0.05) is 20.0 Å². The fraction of sp³-hybridized carbons (Fsp3) is 0.471. The molecule has 1 aliphatic rings. The second kappa shape index (κ2) is 6.81. The van der Waals surface area contributed by atoms with E-state index < -0.39 is 17.4 Å². The lowest BCUT2D eigenvalue weighted by Crippen LogP contribution is -2.53. The second-order valence-electron chi connectivity index (χ2n) is 6.00. The number of carbonyl (C=O) groups is 3. The molecule has 2 amide bonds. The molecule has 0 radical (unpaired) electrons. The number of nitrogens with one attached hydrogen (secondary N) is 1. The number of piperidine rings is 1. The van der Waals surface area contributed by atoms with Crippen LogP contribution in [0, 0.1) is 0 Å². The molecule has 23 heavy (non-hydrogen) atoms. The van der Waals surface area contributed by atoms with Gasteiger partial charge in [-0.15, -0.1) is 0 Å². The van der Waals surface area contributed by atoms with Gasteiger partial charge in [-0.25, -0.2) is 0 Å². The maximum atomic E-state index is 12.3. The fourth-order valence-electron chi connectivity index (χ4n) is 3.13. The van der Waals surface area contributed by atoms with E-state index in [9.17, 15) is 19.5 Å². The molecule has 1 fully saturated rings. The zero-order valence-electron chi connectivity index (χ0n) is 13.4. The van der Waals surface area contributed by atoms with E-state index in [-0.39, 0.29) is 11.8 Å². The molecule has 6 nitrogen and oxygen atoms in total. The zero-order valence-corrected chi connectivity index (χ0v) is 13.4. The average molecular weight is 318 g/mol. The van der Waals surface area contributed by atoms with Crippen molar-refractivity contribution in [2.75, 3.05) is 13.1 Å². The first-order valence-electron chi connectivity index (χ1n) is 7.71. The molecule has 6 heteroatoms. The fourth-order valence-corrected chi connectivity index (χ4v) is 3.13. The molecule has 2 rings (SSSR count). The van der Waals surface area contributed by atoms with Crippen LogP contribution in [0.5, 0.6) is 0 Å². The average Bonchev–Trinajstić information content (AvgIpc) is 2.54. The van der Waals surface area contributed by atoms with Gasteiger partial charge in [0.1, 0.15) is 6.04 Å². The molecule has 0 saturated carbocycles. The summed E-state index contributed by atoms with van der Waals surface area (Å²) in [5.74, 6) is -1.29. The van der Waals surface area contributed by atoms with Crippen molar-refractivity contribution in [3.8, 4) is 0 Å². The number of hydrogen-bond acceptors (Lipinski definition) is 3. The lowest BCUT2D eigenvalue weighted by molar-refractivity contribution is -0.148. The summed E-state index contributed by atoms with van der Waals surface area (Å²) in [6, 6.07) is 8.57. The van der Waals surface area contributed by atoms with Gasteiger partial charge < -0.3 is 15.3 Å². The minimum atomic E-state index is -0.949. The van der Waals surface area contributed by atoms with Gasteiger partial charge in [-0.05, 0) is 25.3 Å². The van der Waals surface area contributed by atoms with Crippen LogP contribution in [0.3, 0.4) is 0 Å². The Balaban J connectivity index is 2.10. The molecule has 0 spiro atoms. The summed E-state index contributed by atoms with van der Waals surface area (Å²) in [4.78, 5) is 36.9. The van der Waals surface area contributed by atoms with E-state index in [1.807, 2.05) is 30.3 Å². The van der Waals surface area contributed by atoms with E-state index in [0.717, 1.165) is 5.56 Å². The summed E-state index contributed by atoms with van der Waals surface area (Å²) in [6.45, 7) is 3.73. The second-order valence-corrected chi connectivity index (χ2v) is 6.00. The van der Waals surface area contributed by atoms with E-state index in [0.29, 0.717) is 25.9 Å². The third kappa shape index (κ3) is 3.52. The highest BCUT2D eigenvalue weighted by atomic mass is 16.4. The van der Waals surface area contributed by atoms with Crippen molar-refractivity contribution in [1.29, 1.82) is 0 Å². The Morgan fingerprint density at radius 1 is 1.17 bits per heavy atom. The molecule has 1 atom stereocenters. The molecule has 0 bridgehead atoms. The van der Waals surface area contributed by atoms with E-state index in [2.05, 4.69) is 5.32 Å². The Labute approximate surface area is 135 Å². The first-order chi connectivity index (χ1) is 10.9. The Bertz CT molecular complexity index is 592. The molecule has 1 saturated heterocycles. The number of nitrogens with zero attached hydrogens (tertiary/aromatic N) is 1. The van der Waals surface area contributed by atoms with Gasteiger partial charge in [0.2, 0.25) is 11.8 Å². The molecule has 0 aromatic heterocycles. The first kappa shape index (κ1) is 17.0. The van der Waals surface area contributed by atoms with Crippen LogP contribution in [-0.2, 0) is 19.8 Å². The van der Waals surface area contributed by atoms with Crippen molar-refractivity contribution in [3.05, 3.63) is 35.9 Å². The molecule has 1 heterocycles. The number of carboxylic acids is 1. The van der Waals surface area contributed by atoms with Crippen molar-refractivity contribution in [3.63, 3.8) is 0 Å². The first-order valence-corrected chi connectivity index (χ1v) is 7.71. The molecule has 1 unspecified atom stereocenters. The van der Waals surface area contributed by atoms with Crippen molar-refractivity contribution in [1.82, 2.24) is 10.2 Å². The molecule has 1 aliphatic heterocycles. The van der Waals surface area contributed by atoms with E-state index >= 15 is 0 Å². The molecule has 124 valence electrons. The van der Waals surface area contributed by atoms with Crippen LogP contribution >= 0.6 is 0 Å². The molecule has 1 aromatic rings. The number of carboxylic acid groups (broad SMARTS) is 1. The maximum absolute atomic E-state index is 12.3. The summed E-state index contributed by atoms with van der Waals surface area (Å²) >= 11 is 0. The number of aliphatic carboxylic acids is 1. The van der Waals surface area contributed by atoms with E-state index in [4.69, 9.17) is 0 Å². The minimum Gasteiger partial charge on any atom is -0.481 e. The number of carbonyl (C=O) groups excluding carboxylic acids is 2. The van der Waals surface area contributed by atoms with Crippen molar-refractivity contribution in [2.24, 2.45) is 0 Å². The van der Waals surface area contributed by atoms with Crippen LogP contribution in [0.4, 0.5) is 0 Å². The Kier molecular flexibility index (Phi) is 5.03. The molecule has 1 aromatic carbocycles. The smallest absolute Gasteiger partial charge is 0.314 e. The van der Waals surface area contributed by atoms with Gasteiger partial charge in [0.15, 0.2) is 0 Å². The third-order valence-corrected chi connectivity index (χ3v) is 4.45. The minimum absolute atomic E-state index is 0.174. The number of rotatable bonds is 4. The van der Waals surface area contributed by atoms with Crippen LogP contribution in [0.15, 0.2) is 30.3 Å². The predicted molar refractivity (Wildman–Crippen MR) is 84.8 cm³/mol. The largest absolute Gasteiger partial charge is 0.481 e. The number of likely N-dealkylation sites (tertiary alicyclic amines) is 1. The lowest BCUT2D eigenvalue weighted by atomic mass is 9.73. The Morgan fingerprint density at radius 3 is 2.22 bits per heavy atom. The van der Waals surface area contributed by atoms with E-state index in [1.165, 1.54) is 6.92 Å². The number of benzene rings is 1. The van der Waals surface area contributed by atoms with Gasteiger partial charge in [-0.3, -0.25) is 14.4 Å². The van der Waals surface area contributed by atoms with E-state index in [1.54, 1.807) is 11.8 Å². The third-order valence-electron chi connectivity index (χ3n) is 4.45. The lowest BCUT2D eigenvalue weighted by Gasteiger charge is -2.40. The SMILES string of the molecule is CC(=O)NC(C)C(=O)N1CCC(C(=O)O)(c2ccccc2)CC1. The van der Waals surface area contributed by atoms with Crippen molar-refractivity contribution in [2.45, 2.75) is 38.1 Å². The summed E-state index contributed by atoms with van der Waals surface area (Å²) in [7, 11) is 0. The summed E-state index contributed by atoms with van der Waals surface area (Å²) in [5.41, 5.74) is -0.176. The highest BCUT2D eigenvalue weighted by Crippen LogP contribution is 2.36. The van der Waals surface area contributed by atoms with Crippen LogP contribution < -0.4 is 5.32 Å². The molecule has 2 N–H and O–H groups in total. The topological polar surface area (TPSA) is 86.7 Å². The Morgan fingerprint density at radius 2 is 1.74 bits per heavy atom. The molecular formula is C17H22N2O4. The summed E-state index contributed by atoms with van der Waals surface area (Å²) in [5, 5.41) is 12.3. The van der Waals surface area contributed by atoms with Gasteiger partial charge in [0.05, 0.1) is 5.41 Å². The standard InChI is InChI=1S/C17H22N2O4/c1-12(18-13(2)20)15(21)19-10-8-17(9-11-19,16(22)23)14-6-4-3-5-7-14/h3-7,12H,8-11H2,1-2H3,(H,18,20)(H,22,23). The maximum Gasteiger partial charge on any atom is 0.314 e. The van der Waals surface area contributed by atoms with Gasteiger partial charge in [0.25, 0.3) is 0 Å². The van der Waals surface area contributed by atoms with Gasteiger partial charge in [-0.1, -0.05) is 30.3 Å². The molecule has 0 aliphatic carbocycles. The highest BCUT2D eigenvalue weighted by Gasteiger charge is 2.44. The normalized spacial score (nSPS) is 18.1.